The van der Waals surface area contributed by atoms with Crippen LogP contribution in [0.2, 0.25) is 0 Å². The van der Waals surface area contributed by atoms with Gasteiger partial charge in [0.1, 0.15) is 0 Å². The number of ether oxygens (including phenoxy) is 1. The number of carbonyl (C=O) groups is 1. The van der Waals surface area contributed by atoms with Crippen LogP contribution in [-0.2, 0) is 9.53 Å². The zero-order chi connectivity index (χ0) is 13.5. The number of rotatable bonds is 3. The van der Waals surface area contributed by atoms with Crippen LogP contribution in [0.4, 0.5) is 0 Å². The molecule has 2 N–H and O–H groups in total. The first-order chi connectivity index (χ1) is 9.08. The Kier molecular flexibility index (Phi) is 3.56. The highest BCUT2D eigenvalue weighted by Gasteiger charge is 2.42. The zero-order valence-corrected chi connectivity index (χ0v) is 11.9. The number of nitrogens with two attached hydrogens (primary N) is 1. The van der Waals surface area contributed by atoms with Gasteiger partial charge in [-0.15, -0.1) is 0 Å². The second kappa shape index (κ2) is 5.06. The molecule has 3 unspecified atom stereocenters. The lowest BCUT2D eigenvalue weighted by Gasteiger charge is -2.37. The first-order valence-electron chi connectivity index (χ1n) is 7.71. The van der Waals surface area contributed by atoms with Crippen LogP contribution in [0.1, 0.15) is 38.5 Å². The molecule has 0 spiro atoms. The Bertz CT molecular complexity index is 352. The fourth-order valence-corrected chi connectivity index (χ4v) is 4.36. The number of fused-ring (bicyclic) bond motifs is 2. The molecule has 3 atom stereocenters. The third-order valence-corrected chi connectivity index (χ3v) is 5.55. The molecule has 19 heavy (non-hydrogen) atoms. The summed E-state index contributed by atoms with van der Waals surface area (Å²) in [6.45, 7) is 2.13. The lowest BCUT2D eigenvalue weighted by atomic mass is 9.86. The van der Waals surface area contributed by atoms with Crippen LogP contribution in [0.5, 0.6) is 0 Å². The predicted octanol–water partition coefficient (Wildman–Crippen LogP) is 1.39. The van der Waals surface area contributed by atoms with Crippen LogP contribution in [0.3, 0.4) is 0 Å². The fourth-order valence-electron chi connectivity index (χ4n) is 4.36. The maximum atomic E-state index is 12.6. The van der Waals surface area contributed by atoms with Crippen molar-refractivity contribution in [3.05, 3.63) is 0 Å². The Morgan fingerprint density at radius 2 is 2.05 bits per heavy atom. The second-order valence-electron chi connectivity index (χ2n) is 6.89. The van der Waals surface area contributed by atoms with Crippen molar-refractivity contribution in [1.29, 1.82) is 0 Å². The lowest BCUT2D eigenvalue weighted by Crippen LogP contribution is -2.57. The SMILES string of the molecule is CN(CC1CC2CCC1C2)C(=O)C1(N)CCOCC1. The molecule has 0 aromatic heterocycles. The topological polar surface area (TPSA) is 55.6 Å². The van der Waals surface area contributed by atoms with Crippen LogP contribution >= 0.6 is 0 Å². The van der Waals surface area contributed by atoms with Gasteiger partial charge in [-0.25, -0.2) is 0 Å². The number of carbonyl (C=O) groups excluding carboxylic acids is 1. The summed E-state index contributed by atoms with van der Waals surface area (Å²) in [5, 5.41) is 0. The van der Waals surface area contributed by atoms with E-state index >= 15 is 0 Å². The van der Waals surface area contributed by atoms with Gasteiger partial charge < -0.3 is 15.4 Å². The minimum absolute atomic E-state index is 0.124. The quantitative estimate of drug-likeness (QED) is 0.840. The lowest BCUT2D eigenvalue weighted by molar-refractivity contribution is -0.140. The van der Waals surface area contributed by atoms with Crippen molar-refractivity contribution in [1.82, 2.24) is 4.90 Å². The third kappa shape index (κ3) is 2.52. The molecule has 2 saturated carbocycles. The van der Waals surface area contributed by atoms with Gasteiger partial charge in [-0.3, -0.25) is 4.79 Å². The van der Waals surface area contributed by atoms with Crippen molar-refractivity contribution in [3.8, 4) is 0 Å². The van der Waals surface area contributed by atoms with E-state index < -0.39 is 5.54 Å². The summed E-state index contributed by atoms with van der Waals surface area (Å²) in [5.41, 5.74) is 5.61. The minimum Gasteiger partial charge on any atom is -0.381 e. The highest BCUT2D eigenvalue weighted by atomic mass is 16.5. The van der Waals surface area contributed by atoms with E-state index in [0.717, 1.165) is 24.3 Å². The number of hydrogen-bond acceptors (Lipinski definition) is 3. The van der Waals surface area contributed by atoms with E-state index in [0.29, 0.717) is 26.1 Å². The maximum absolute atomic E-state index is 12.6. The van der Waals surface area contributed by atoms with Crippen molar-refractivity contribution in [2.45, 2.75) is 44.1 Å². The largest absolute Gasteiger partial charge is 0.381 e. The molecule has 1 aliphatic heterocycles. The number of nitrogens with zero attached hydrogens (tertiary/aromatic N) is 1. The average molecular weight is 266 g/mol. The van der Waals surface area contributed by atoms with E-state index in [4.69, 9.17) is 10.5 Å². The summed E-state index contributed by atoms with van der Waals surface area (Å²) in [7, 11) is 1.93. The molecule has 2 aliphatic carbocycles. The van der Waals surface area contributed by atoms with E-state index in [2.05, 4.69) is 0 Å². The molecule has 0 radical (unpaired) electrons. The molecule has 1 amide bonds. The summed E-state index contributed by atoms with van der Waals surface area (Å²) in [6, 6.07) is 0. The van der Waals surface area contributed by atoms with Crippen molar-refractivity contribution in [3.63, 3.8) is 0 Å². The number of hydrogen-bond donors (Lipinski definition) is 1. The summed E-state index contributed by atoms with van der Waals surface area (Å²) in [5.74, 6) is 2.65. The molecular formula is C15H26N2O2. The van der Waals surface area contributed by atoms with Gasteiger partial charge in [-0.1, -0.05) is 6.42 Å². The standard InChI is InChI=1S/C15H26N2O2/c1-17(10-13-9-11-2-3-12(13)8-11)14(18)15(16)4-6-19-7-5-15/h11-13H,2-10,16H2,1H3. The summed E-state index contributed by atoms with van der Waals surface area (Å²) >= 11 is 0. The van der Waals surface area contributed by atoms with Crippen molar-refractivity contribution in [2.75, 3.05) is 26.8 Å². The number of amides is 1. The first kappa shape index (κ1) is 13.4. The van der Waals surface area contributed by atoms with E-state index in [-0.39, 0.29) is 5.91 Å². The van der Waals surface area contributed by atoms with Gasteiger partial charge in [-0.2, -0.15) is 0 Å². The van der Waals surface area contributed by atoms with Crippen molar-refractivity contribution < 1.29 is 9.53 Å². The molecule has 1 saturated heterocycles. The molecule has 3 aliphatic rings. The van der Waals surface area contributed by atoms with E-state index in [1.807, 2.05) is 11.9 Å². The Hall–Kier alpha value is -0.610. The second-order valence-corrected chi connectivity index (χ2v) is 6.89. The molecule has 1 heterocycles. The molecular weight excluding hydrogens is 240 g/mol. The van der Waals surface area contributed by atoms with Crippen LogP contribution in [-0.4, -0.2) is 43.2 Å². The molecule has 3 fully saturated rings. The molecule has 0 aromatic carbocycles. The average Bonchev–Trinajstić information content (AvgIpc) is 3.01. The van der Waals surface area contributed by atoms with Gasteiger partial charge >= 0.3 is 0 Å². The minimum atomic E-state index is -0.676. The highest BCUT2D eigenvalue weighted by Crippen LogP contribution is 2.48. The van der Waals surface area contributed by atoms with Crippen LogP contribution in [0, 0.1) is 17.8 Å². The van der Waals surface area contributed by atoms with Gasteiger partial charge in [0.15, 0.2) is 0 Å². The van der Waals surface area contributed by atoms with Crippen molar-refractivity contribution in [2.24, 2.45) is 23.5 Å². The predicted molar refractivity (Wildman–Crippen MR) is 73.5 cm³/mol. The van der Waals surface area contributed by atoms with Gasteiger partial charge in [0.2, 0.25) is 5.91 Å². The molecule has 3 rings (SSSR count). The number of likely N-dealkylation sites (N-methyl/N-ethyl adjacent to an activating group) is 1. The van der Waals surface area contributed by atoms with Gasteiger partial charge in [0.05, 0.1) is 5.54 Å². The first-order valence-corrected chi connectivity index (χ1v) is 7.71. The van der Waals surface area contributed by atoms with E-state index in [9.17, 15) is 4.79 Å². The Morgan fingerprint density at radius 1 is 1.32 bits per heavy atom. The fraction of sp³-hybridized carbons (Fsp3) is 0.933. The summed E-state index contributed by atoms with van der Waals surface area (Å²) in [4.78, 5) is 14.5. The zero-order valence-electron chi connectivity index (χ0n) is 11.9. The molecule has 4 nitrogen and oxygen atoms in total. The van der Waals surface area contributed by atoms with Crippen molar-refractivity contribution >= 4 is 5.91 Å². The smallest absolute Gasteiger partial charge is 0.242 e. The van der Waals surface area contributed by atoms with Gasteiger partial charge in [0, 0.05) is 26.8 Å². The Labute approximate surface area is 115 Å². The Morgan fingerprint density at radius 3 is 2.63 bits per heavy atom. The van der Waals surface area contributed by atoms with E-state index in [1.54, 1.807) is 0 Å². The summed E-state index contributed by atoms with van der Waals surface area (Å²) < 4.78 is 5.32. The van der Waals surface area contributed by atoms with Gasteiger partial charge in [0.25, 0.3) is 0 Å². The van der Waals surface area contributed by atoms with E-state index in [1.165, 1.54) is 25.7 Å². The molecule has 108 valence electrons. The molecule has 2 bridgehead atoms. The summed E-state index contributed by atoms with van der Waals surface area (Å²) in [6.07, 6.45) is 6.83. The monoisotopic (exact) mass is 266 g/mol. The van der Waals surface area contributed by atoms with Crippen LogP contribution in [0.25, 0.3) is 0 Å². The van der Waals surface area contributed by atoms with Crippen LogP contribution in [0.15, 0.2) is 0 Å². The molecule has 4 heteroatoms. The van der Waals surface area contributed by atoms with Gasteiger partial charge in [-0.05, 0) is 49.9 Å². The third-order valence-electron chi connectivity index (χ3n) is 5.55. The molecule has 0 aromatic rings. The Balaban J connectivity index is 1.57. The van der Waals surface area contributed by atoms with Crippen LogP contribution < -0.4 is 5.73 Å². The maximum Gasteiger partial charge on any atom is 0.242 e. The highest BCUT2D eigenvalue weighted by molar-refractivity contribution is 5.86. The normalized spacial score (nSPS) is 36.4.